The normalized spacial score (nSPS) is 22.1. The Morgan fingerprint density at radius 3 is 2.80 bits per heavy atom. The van der Waals surface area contributed by atoms with Gasteiger partial charge in [0.2, 0.25) is 0 Å². The molecule has 0 aliphatic carbocycles. The molecule has 0 aromatic carbocycles. The van der Waals surface area contributed by atoms with Gasteiger partial charge in [0, 0.05) is 6.42 Å². The lowest BCUT2D eigenvalue weighted by Crippen LogP contribution is -2.34. The van der Waals surface area contributed by atoms with E-state index in [9.17, 15) is 9.59 Å². The number of methoxy groups -OCH3 is 1. The van der Waals surface area contributed by atoms with Crippen molar-refractivity contribution < 1.29 is 23.5 Å². The zero-order valence-electron chi connectivity index (χ0n) is 12.1. The predicted molar refractivity (Wildman–Crippen MR) is 70.2 cm³/mol. The third kappa shape index (κ3) is 2.85. The molecule has 1 aromatic heterocycles. The van der Waals surface area contributed by atoms with E-state index in [4.69, 9.17) is 9.15 Å². The molecule has 0 spiro atoms. The minimum absolute atomic E-state index is 0.0566. The molecule has 6 heteroatoms. The van der Waals surface area contributed by atoms with Gasteiger partial charge in [0.1, 0.15) is 29.2 Å². The Morgan fingerprint density at radius 2 is 2.25 bits per heavy atom. The molecule has 2 heterocycles. The smallest absolute Gasteiger partial charge is 0.341 e. The largest absolute Gasteiger partial charge is 0.465 e. The van der Waals surface area contributed by atoms with Crippen LogP contribution < -0.4 is 0 Å². The molecule has 2 atom stereocenters. The molecule has 0 radical (unpaired) electrons. The highest BCUT2D eigenvalue weighted by Gasteiger charge is 2.35. The average molecular weight is 281 g/mol. The van der Waals surface area contributed by atoms with Crippen molar-refractivity contribution in [3.8, 4) is 0 Å². The van der Waals surface area contributed by atoms with Crippen LogP contribution in [0.5, 0.6) is 0 Å². The molecule has 0 amide bonds. The first-order chi connectivity index (χ1) is 9.42. The Labute approximate surface area is 117 Å². The van der Waals surface area contributed by atoms with E-state index < -0.39 is 5.97 Å². The maximum Gasteiger partial charge on any atom is 0.341 e. The van der Waals surface area contributed by atoms with Crippen LogP contribution in [0.25, 0.3) is 0 Å². The number of furan rings is 1. The molecule has 1 fully saturated rings. The van der Waals surface area contributed by atoms with Crippen LogP contribution in [0.2, 0.25) is 0 Å². The van der Waals surface area contributed by atoms with E-state index in [1.165, 1.54) is 7.11 Å². The van der Waals surface area contributed by atoms with Crippen LogP contribution >= 0.6 is 0 Å². The molecule has 0 N–H and O–H groups in total. The van der Waals surface area contributed by atoms with E-state index in [0.717, 1.165) is 0 Å². The summed E-state index contributed by atoms with van der Waals surface area (Å²) in [6.07, 6.45) is 0.609. The third-order valence-corrected chi connectivity index (χ3v) is 3.46. The fourth-order valence-electron chi connectivity index (χ4n) is 2.39. The summed E-state index contributed by atoms with van der Waals surface area (Å²) < 4.78 is 15.3. The second kappa shape index (κ2) is 5.66. The van der Waals surface area contributed by atoms with Crippen molar-refractivity contribution in [2.24, 2.45) is 0 Å². The van der Waals surface area contributed by atoms with Crippen molar-refractivity contribution in [3.05, 3.63) is 23.2 Å². The van der Waals surface area contributed by atoms with Crippen molar-refractivity contribution >= 4 is 11.9 Å². The standard InChI is InChI=1S/C14H19NO5/c1-8-5-12(14(17)19-8)15(3)7-10-6-11(9(2)20-10)13(16)18-4/h6,8,12H,5,7H2,1-4H3. The van der Waals surface area contributed by atoms with Gasteiger partial charge in [0.25, 0.3) is 0 Å². The molecule has 20 heavy (non-hydrogen) atoms. The van der Waals surface area contributed by atoms with E-state index in [2.05, 4.69) is 4.74 Å². The molecular formula is C14H19NO5. The maximum absolute atomic E-state index is 11.7. The van der Waals surface area contributed by atoms with Gasteiger partial charge in [-0.3, -0.25) is 9.69 Å². The maximum atomic E-state index is 11.7. The van der Waals surface area contributed by atoms with E-state index >= 15 is 0 Å². The van der Waals surface area contributed by atoms with Crippen LogP contribution in [-0.2, 0) is 20.8 Å². The summed E-state index contributed by atoms with van der Waals surface area (Å²) in [6, 6.07) is 1.39. The average Bonchev–Trinajstić information content (AvgIpc) is 2.91. The Bertz CT molecular complexity index is 522. The number of rotatable bonds is 4. The quantitative estimate of drug-likeness (QED) is 0.779. The second-order valence-corrected chi connectivity index (χ2v) is 5.09. The Balaban J connectivity index is 2.07. The van der Waals surface area contributed by atoms with Crippen molar-refractivity contribution in [2.45, 2.75) is 39.0 Å². The lowest BCUT2D eigenvalue weighted by molar-refractivity contribution is -0.144. The number of aryl methyl sites for hydroxylation is 1. The van der Waals surface area contributed by atoms with Crippen LogP contribution in [0.1, 0.15) is 35.2 Å². The first kappa shape index (κ1) is 14.6. The molecule has 2 unspecified atom stereocenters. The van der Waals surface area contributed by atoms with Gasteiger partial charge in [-0.05, 0) is 27.0 Å². The molecule has 0 saturated carbocycles. The predicted octanol–water partition coefficient (Wildman–Crippen LogP) is 1.51. The van der Waals surface area contributed by atoms with Crippen molar-refractivity contribution in [2.75, 3.05) is 14.2 Å². The molecule has 6 nitrogen and oxygen atoms in total. The second-order valence-electron chi connectivity index (χ2n) is 5.09. The molecule has 110 valence electrons. The van der Waals surface area contributed by atoms with Gasteiger partial charge in [-0.2, -0.15) is 0 Å². The molecule has 1 saturated heterocycles. The SMILES string of the molecule is COC(=O)c1cc(CN(C)C2CC(C)OC2=O)oc1C. The number of likely N-dealkylation sites (N-methyl/N-ethyl adjacent to an activating group) is 1. The number of cyclic esters (lactones) is 1. The highest BCUT2D eigenvalue weighted by molar-refractivity contribution is 5.90. The molecule has 1 aliphatic heterocycles. The van der Waals surface area contributed by atoms with E-state index in [1.54, 1.807) is 13.0 Å². The Hall–Kier alpha value is -1.82. The topological polar surface area (TPSA) is 69.0 Å². The zero-order valence-corrected chi connectivity index (χ0v) is 12.1. The fourth-order valence-corrected chi connectivity index (χ4v) is 2.39. The summed E-state index contributed by atoms with van der Waals surface area (Å²) in [6.45, 7) is 4.02. The lowest BCUT2D eigenvalue weighted by Gasteiger charge is -2.19. The van der Waals surface area contributed by atoms with Gasteiger partial charge in [0.15, 0.2) is 0 Å². The number of esters is 2. The highest BCUT2D eigenvalue weighted by atomic mass is 16.6. The Kier molecular flexibility index (Phi) is 4.13. The van der Waals surface area contributed by atoms with Gasteiger partial charge < -0.3 is 13.9 Å². The summed E-state index contributed by atoms with van der Waals surface area (Å²) in [5, 5.41) is 0. The number of hydrogen-bond donors (Lipinski definition) is 0. The van der Waals surface area contributed by atoms with E-state index in [-0.39, 0.29) is 18.1 Å². The van der Waals surface area contributed by atoms with Gasteiger partial charge >= 0.3 is 11.9 Å². The minimum Gasteiger partial charge on any atom is -0.465 e. The summed E-state index contributed by atoms with van der Waals surface area (Å²) in [7, 11) is 3.16. The van der Waals surface area contributed by atoms with Crippen LogP contribution in [-0.4, -0.2) is 43.1 Å². The minimum atomic E-state index is -0.422. The molecule has 1 aliphatic rings. The number of nitrogens with zero attached hydrogens (tertiary/aromatic N) is 1. The van der Waals surface area contributed by atoms with Gasteiger partial charge in [-0.15, -0.1) is 0 Å². The molecular weight excluding hydrogens is 262 g/mol. The summed E-state index contributed by atoms with van der Waals surface area (Å²) in [5.74, 6) is 0.505. The van der Waals surface area contributed by atoms with Crippen LogP contribution in [0, 0.1) is 6.92 Å². The van der Waals surface area contributed by atoms with Crippen LogP contribution in [0.15, 0.2) is 10.5 Å². The van der Waals surface area contributed by atoms with Crippen molar-refractivity contribution in [1.82, 2.24) is 4.90 Å². The van der Waals surface area contributed by atoms with Crippen LogP contribution in [0.3, 0.4) is 0 Å². The summed E-state index contributed by atoms with van der Waals surface area (Å²) >= 11 is 0. The number of carbonyl (C=O) groups excluding carboxylic acids is 2. The summed E-state index contributed by atoms with van der Waals surface area (Å²) in [5.41, 5.74) is 0.415. The monoisotopic (exact) mass is 281 g/mol. The Morgan fingerprint density at radius 1 is 1.55 bits per heavy atom. The van der Waals surface area contributed by atoms with E-state index in [1.807, 2.05) is 18.9 Å². The molecule has 0 bridgehead atoms. The van der Waals surface area contributed by atoms with Crippen LogP contribution in [0.4, 0.5) is 0 Å². The van der Waals surface area contributed by atoms with Crippen molar-refractivity contribution in [1.29, 1.82) is 0 Å². The first-order valence-electron chi connectivity index (χ1n) is 6.50. The zero-order chi connectivity index (χ0) is 14.9. The number of ether oxygens (including phenoxy) is 2. The third-order valence-electron chi connectivity index (χ3n) is 3.46. The lowest BCUT2D eigenvalue weighted by atomic mass is 10.1. The fraction of sp³-hybridized carbons (Fsp3) is 0.571. The van der Waals surface area contributed by atoms with Gasteiger partial charge in [0.05, 0.1) is 13.7 Å². The molecule has 2 rings (SSSR count). The number of hydrogen-bond acceptors (Lipinski definition) is 6. The van der Waals surface area contributed by atoms with Gasteiger partial charge in [-0.1, -0.05) is 0 Å². The van der Waals surface area contributed by atoms with Crippen molar-refractivity contribution in [3.63, 3.8) is 0 Å². The van der Waals surface area contributed by atoms with E-state index in [0.29, 0.717) is 30.0 Å². The number of carbonyl (C=O) groups is 2. The first-order valence-corrected chi connectivity index (χ1v) is 6.50. The highest BCUT2D eigenvalue weighted by Crippen LogP contribution is 2.22. The van der Waals surface area contributed by atoms with Gasteiger partial charge in [-0.25, -0.2) is 4.79 Å². The summed E-state index contributed by atoms with van der Waals surface area (Å²) in [4.78, 5) is 25.1. The molecule has 1 aromatic rings.